The van der Waals surface area contributed by atoms with Gasteiger partial charge in [0, 0.05) is 25.2 Å². The first-order chi connectivity index (χ1) is 15.2. The van der Waals surface area contributed by atoms with Crippen molar-refractivity contribution in [2.24, 2.45) is 0 Å². The van der Waals surface area contributed by atoms with Crippen LogP contribution in [-0.4, -0.2) is 35.5 Å². The summed E-state index contributed by atoms with van der Waals surface area (Å²) in [4.78, 5) is 15.4. The maximum absolute atomic E-state index is 13.0. The van der Waals surface area contributed by atoms with Gasteiger partial charge < -0.3 is 10.1 Å². The van der Waals surface area contributed by atoms with Gasteiger partial charge >= 0.3 is 0 Å². The molecule has 4 heteroatoms. The van der Waals surface area contributed by atoms with Gasteiger partial charge in [-0.05, 0) is 35.6 Å². The SMILES string of the molecule is O=C1NC2(CCN(Cc3ccccc3)CC2OCc2ccccc2)Cc2ccccc21. The highest BCUT2D eigenvalue weighted by Crippen LogP contribution is 2.34. The Balaban J connectivity index is 1.39. The van der Waals surface area contributed by atoms with Crippen molar-refractivity contribution in [3.8, 4) is 0 Å². The number of rotatable bonds is 5. The van der Waals surface area contributed by atoms with Gasteiger partial charge in [-0.2, -0.15) is 0 Å². The van der Waals surface area contributed by atoms with Crippen molar-refractivity contribution < 1.29 is 9.53 Å². The molecule has 0 aliphatic carbocycles. The highest BCUT2D eigenvalue weighted by molar-refractivity contribution is 5.97. The quantitative estimate of drug-likeness (QED) is 0.683. The number of carbonyl (C=O) groups is 1. The molecule has 1 spiro atoms. The zero-order valence-electron chi connectivity index (χ0n) is 17.7. The Kier molecular flexibility index (Phi) is 5.58. The predicted molar refractivity (Wildman–Crippen MR) is 122 cm³/mol. The van der Waals surface area contributed by atoms with Crippen LogP contribution in [0.2, 0.25) is 0 Å². The molecule has 0 radical (unpaired) electrons. The van der Waals surface area contributed by atoms with Gasteiger partial charge in [-0.3, -0.25) is 9.69 Å². The van der Waals surface area contributed by atoms with Gasteiger partial charge in [0.25, 0.3) is 5.91 Å². The van der Waals surface area contributed by atoms with Crippen LogP contribution >= 0.6 is 0 Å². The molecule has 1 saturated heterocycles. The molecule has 158 valence electrons. The van der Waals surface area contributed by atoms with E-state index in [1.165, 1.54) is 5.56 Å². The van der Waals surface area contributed by atoms with E-state index in [2.05, 4.69) is 58.7 Å². The van der Waals surface area contributed by atoms with Crippen LogP contribution in [0, 0.1) is 0 Å². The minimum Gasteiger partial charge on any atom is -0.370 e. The zero-order valence-corrected chi connectivity index (χ0v) is 17.7. The van der Waals surface area contributed by atoms with Crippen molar-refractivity contribution >= 4 is 5.91 Å². The standard InChI is InChI=1S/C27H28N2O2/c30-26-24-14-8-7-13-23(24)17-27(28-26)15-16-29(18-21-9-3-1-4-10-21)19-25(27)31-20-22-11-5-2-6-12-22/h1-14,25H,15-20H2,(H,28,30). The Morgan fingerprint density at radius 2 is 1.58 bits per heavy atom. The summed E-state index contributed by atoms with van der Waals surface area (Å²) in [5, 5.41) is 3.37. The fourth-order valence-electron chi connectivity index (χ4n) is 4.91. The normalized spacial score (nSPS) is 23.4. The number of amides is 1. The van der Waals surface area contributed by atoms with Crippen LogP contribution in [0.4, 0.5) is 0 Å². The van der Waals surface area contributed by atoms with Gasteiger partial charge in [0.05, 0.1) is 18.2 Å². The highest BCUT2D eigenvalue weighted by atomic mass is 16.5. The van der Waals surface area contributed by atoms with Gasteiger partial charge in [-0.25, -0.2) is 0 Å². The summed E-state index contributed by atoms with van der Waals surface area (Å²) >= 11 is 0. The van der Waals surface area contributed by atoms with Crippen molar-refractivity contribution in [3.63, 3.8) is 0 Å². The third kappa shape index (κ3) is 4.27. The van der Waals surface area contributed by atoms with E-state index in [1.807, 2.05) is 36.4 Å². The number of piperidine rings is 1. The van der Waals surface area contributed by atoms with Crippen LogP contribution in [0.15, 0.2) is 84.9 Å². The van der Waals surface area contributed by atoms with E-state index in [-0.39, 0.29) is 17.6 Å². The maximum Gasteiger partial charge on any atom is 0.252 e. The third-order valence-electron chi connectivity index (χ3n) is 6.59. The van der Waals surface area contributed by atoms with Gasteiger partial charge in [0.15, 0.2) is 0 Å². The van der Waals surface area contributed by atoms with E-state index in [1.54, 1.807) is 0 Å². The molecule has 2 atom stereocenters. The average molecular weight is 413 g/mol. The molecule has 0 aromatic heterocycles. The topological polar surface area (TPSA) is 41.6 Å². The lowest BCUT2D eigenvalue weighted by Gasteiger charge is -2.50. The van der Waals surface area contributed by atoms with Crippen LogP contribution in [-0.2, 0) is 24.3 Å². The van der Waals surface area contributed by atoms with E-state index < -0.39 is 0 Å². The van der Waals surface area contributed by atoms with Crippen LogP contribution < -0.4 is 5.32 Å². The summed E-state index contributed by atoms with van der Waals surface area (Å²) in [6, 6.07) is 28.8. The van der Waals surface area contributed by atoms with Crippen molar-refractivity contribution in [1.82, 2.24) is 10.2 Å². The first-order valence-corrected chi connectivity index (χ1v) is 11.0. The minimum atomic E-state index is -0.368. The number of ether oxygens (including phenoxy) is 1. The molecule has 4 nitrogen and oxygen atoms in total. The second kappa shape index (κ2) is 8.66. The molecule has 1 amide bonds. The molecule has 2 aliphatic heterocycles. The number of carbonyl (C=O) groups excluding carboxylic acids is 1. The van der Waals surface area contributed by atoms with Gasteiger partial charge in [0.2, 0.25) is 0 Å². The molecule has 3 aromatic rings. The summed E-state index contributed by atoms with van der Waals surface area (Å²) in [6.45, 7) is 3.17. The lowest BCUT2D eigenvalue weighted by atomic mass is 9.75. The molecule has 2 unspecified atom stereocenters. The van der Waals surface area contributed by atoms with E-state index in [9.17, 15) is 4.79 Å². The van der Waals surface area contributed by atoms with Gasteiger partial charge in [0.1, 0.15) is 0 Å². The first kappa shape index (κ1) is 20.0. The Hall–Kier alpha value is -2.95. The molecule has 5 rings (SSSR count). The molecule has 1 N–H and O–H groups in total. The fraction of sp³-hybridized carbons (Fsp3) is 0.296. The van der Waals surface area contributed by atoms with Crippen molar-refractivity contribution in [2.75, 3.05) is 13.1 Å². The summed E-state index contributed by atoms with van der Waals surface area (Å²) < 4.78 is 6.54. The molecule has 3 aromatic carbocycles. The second-order valence-electron chi connectivity index (χ2n) is 8.70. The van der Waals surface area contributed by atoms with Crippen LogP contribution in [0.5, 0.6) is 0 Å². The molecule has 0 bridgehead atoms. The molecule has 1 fully saturated rings. The fourth-order valence-corrected chi connectivity index (χ4v) is 4.91. The predicted octanol–water partition coefficient (Wildman–Crippen LogP) is 4.20. The van der Waals surface area contributed by atoms with Crippen LogP contribution in [0.25, 0.3) is 0 Å². The summed E-state index contributed by atoms with van der Waals surface area (Å²) in [6.07, 6.45) is 1.61. The number of hydrogen-bond donors (Lipinski definition) is 1. The Labute approximate surface area is 183 Å². The second-order valence-corrected chi connectivity index (χ2v) is 8.70. The summed E-state index contributed by atoms with van der Waals surface area (Å²) in [7, 11) is 0. The van der Waals surface area contributed by atoms with Crippen LogP contribution in [0.1, 0.15) is 33.5 Å². The smallest absolute Gasteiger partial charge is 0.252 e. The van der Waals surface area contributed by atoms with Gasteiger partial charge in [-0.1, -0.05) is 78.9 Å². The third-order valence-corrected chi connectivity index (χ3v) is 6.59. The van der Waals surface area contributed by atoms with E-state index in [4.69, 9.17) is 4.74 Å². The minimum absolute atomic E-state index is 0.0201. The van der Waals surface area contributed by atoms with Gasteiger partial charge in [-0.15, -0.1) is 0 Å². The van der Waals surface area contributed by atoms with E-state index in [0.29, 0.717) is 6.61 Å². The monoisotopic (exact) mass is 412 g/mol. The molecule has 2 heterocycles. The summed E-state index contributed by atoms with van der Waals surface area (Å²) in [5.41, 5.74) is 4.00. The van der Waals surface area contributed by atoms with E-state index >= 15 is 0 Å². The number of fused-ring (bicyclic) bond motifs is 1. The average Bonchev–Trinajstić information content (AvgIpc) is 2.81. The van der Waals surface area contributed by atoms with E-state index in [0.717, 1.165) is 49.2 Å². The van der Waals surface area contributed by atoms with Crippen molar-refractivity contribution in [1.29, 1.82) is 0 Å². The largest absolute Gasteiger partial charge is 0.370 e. The zero-order chi connectivity index (χ0) is 21.1. The lowest BCUT2D eigenvalue weighted by molar-refractivity contribution is -0.0723. The van der Waals surface area contributed by atoms with Crippen molar-refractivity contribution in [3.05, 3.63) is 107 Å². The number of hydrogen-bond acceptors (Lipinski definition) is 3. The maximum atomic E-state index is 13.0. The molecule has 31 heavy (non-hydrogen) atoms. The lowest BCUT2D eigenvalue weighted by Crippen LogP contribution is -2.67. The number of likely N-dealkylation sites (tertiary alicyclic amines) is 1. The number of nitrogens with zero attached hydrogens (tertiary/aromatic N) is 1. The van der Waals surface area contributed by atoms with Crippen molar-refractivity contribution in [2.45, 2.75) is 37.6 Å². The Morgan fingerprint density at radius 3 is 2.35 bits per heavy atom. The Bertz CT molecular complexity index is 1040. The molecular weight excluding hydrogens is 384 g/mol. The van der Waals surface area contributed by atoms with Crippen LogP contribution in [0.3, 0.4) is 0 Å². The summed E-state index contributed by atoms with van der Waals surface area (Å²) in [5.74, 6) is 0.0201. The molecule has 2 aliphatic rings. The Morgan fingerprint density at radius 1 is 0.903 bits per heavy atom. The molecule has 0 saturated carbocycles. The number of nitrogens with one attached hydrogen (secondary N) is 1. The highest BCUT2D eigenvalue weighted by Gasteiger charge is 2.47. The number of benzene rings is 3. The molecular formula is C27H28N2O2. The first-order valence-electron chi connectivity index (χ1n) is 11.0.